The Hall–Kier alpha value is -0.540. The van der Waals surface area contributed by atoms with E-state index in [1.54, 1.807) is 0 Å². The second kappa shape index (κ2) is 6.04. The molecule has 0 spiro atoms. The molecule has 0 saturated carbocycles. The highest BCUT2D eigenvalue weighted by molar-refractivity contribution is 7.98. The van der Waals surface area contributed by atoms with E-state index in [0.29, 0.717) is 6.04 Å². The number of hydrogen-bond acceptors (Lipinski definition) is 3. The van der Waals surface area contributed by atoms with Crippen LogP contribution in [0.5, 0.6) is 0 Å². The molecule has 1 aromatic rings. The maximum Gasteiger partial charge on any atom is 0.0570 e. The number of hydrogen-bond donors (Lipinski definition) is 1. The van der Waals surface area contributed by atoms with Gasteiger partial charge in [-0.25, -0.2) is 0 Å². The topological polar surface area (TPSA) is 24.9 Å². The molecule has 1 atom stereocenters. The maximum atomic E-state index is 4.34. The lowest BCUT2D eigenvalue weighted by Crippen LogP contribution is -2.28. The summed E-state index contributed by atoms with van der Waals surface area (Å²) in [5.41, 5.74) is 2.41. The fraction of sp³-hybridized carbons (Fsp3) is 0.545. The molecule has 1 rings (SSSR count). The third-order valence-electron chi connectivity index (χ3n) is 2.15. The Bertz CT molecular complexity index is 276. The summed E-state index contributed by atoms with van der Waals surface area (Å²) in [6, 6.07) is 4.62. The van der Waals surface area contributed by atoms with Crippen molar-refractivity contribution < 1.29 is 0 Å². The summed E-state index contributed by atoms with van der Waals surface area (Å²) in [5, 5.41) is 3.46. The van der Waals surface area contributed by atoms with E-state index < -0.39 is 0 Å². The standard InChI is InChI=1S/C11H18N2S/c1-9-5-4-6-12-11(9)7-13-10(2)8-14-3/h4-6,10,13H,7-8H2,1-3H3. The van der Waals surface area contributed by atoms with Crippen LogP contribution < -0.4 is 5.32 Å². The van der Waals surface area contributed by atoms with Gasteiger partial charge in [-0.1, -0.05) is 6.07 Å². The normalized spacial score (nSPS) is 12.8. The van der Waals surface area contributed by atoms with Gasteiger partial charge in [-0.05, 0) is 31.7 Å². The van der Waals surface area contributed by atoms with Crippen LogP contribution in [0.2, 0.25) is 0 Å². The average Bonchev–Trinajstić information content (AvgIpc) is 2.17. The fourth-order valence-corrected chi connectivity index (χ4v) is 1.90. The van der Waals surface area contributed by atoms with Gasteiger partial charge in [0.2, 0.25) is 0 Å². The molecule has 1 unspecified atom stereocenters. The zero-order chi connectivity index (χ0) is 10.4. The third-order valence-corrected chi connectivity index (χ3v) is 2.99. The van der Waals surface area contributed by atoms with Crippen LogP contribution in [-0.4, -0.2) is 23.0 Å². The first-order valence-electron chi connectivity index (χ1n) is 4.87. The smallest absolute Gasteiger partial charge is 0.0570 e. The van der Waals surface area contributed by atoms with E-state index in [4.69, 9.17) is 0 Å². The van der Waals surface area contributed by atoms with E-state index in [1.807, 2.05) is 24.0 Å². The first kappa shape index (κ1) is 11.5. The van der Waals surface area contributed by atoms with Crippen LogP contribution >= 0.6 is 11.8 Å². The Morgan fingerprint density at radius 2 is 2.36 bits per heavy atom. The molecule has 1 heterocycles. The van der Waals surface area contributed by atoms with Crippen LogP contribution in [0.4, 0.5) is 0 Å². The number of nitrogens with one attached hydrogen (secondary N) is 1. The molecule has 0 aliphatic rings. The molecule has 0 aliphatic heterocycles. The van der Waals surface area contributed by atoms with Crippen molar-refractivity contribution in [2.24, 2.45) is 0 Å². The number of aromatic nitrogens is 1. The molecule has 0 amide bonds. The molecule has 0 aromatic carbocycles. The summed E-state index contributed by atoms with van der Waals surface area (Å²) in [5.74, 6) is 1.14. The predicted molar refractivity (Wildman–Crippen MR) is 63.7 cm³/mol. The number of pyridine rings is 1. The van der Waals surface area contributed by atoms with Gasteiger partial charge in [-0.15, -0.1) is 0 Å². The van der Waals surface area contributed by atoms with Crippen molar-refractivity contribution in [1.29, 1.82) is 0 Å². The summed E-state index contributed by atoms with van der Waals surface area (Å²) >= 11 is 1.87. The largest absolute Gasteiger partial charge is 0.308 e. The second-order valence-corrected chi connectivity index (χ2v) is 4.41. The van der Waals surface area contributed by atoms with Crippen molar-refractivity contribution in [3.8, 4) is 0 Å². The summed E-state index contributed by atoms with van der Waals surface area (Å²) in [4.78, 5) is 4.34. The number of thioether (sulfide) groups is 1. The van der Waals surface area contributed by atoms with E-state index >= 15 is 0 Å². The molecule has 0 saturated heterocycles. The minimum Gasteiger partial charge on any atom is -0.308 e. The quantitative estimate of drug-likeness (QED) is 0.806. The van der Waals surface area contributed by atoms with Crippen molar-refractivity contribution in [1.82, 2.24) is 10.3 Å². The Kier molecular flexibility index (Phi) is 4.98. The third kappa shape index (κ3) is 3.68. The van der Waals surface area contributed by atoms with E-state index in [0.717, 1.165) is 18.0 Å². The lowest BCUT2D eigenvalue weighted by atomic mass is 10.2. The van der Waals surface area contributed by atoms with E-state index in [-0.39, 0.29) is 0 Å². The van der Waals surface area contributed by atoms with Gasteiger partial charge in [-0.2, -0.15) is 11.8 Å². The van der Waals surface area contributed by atoms with Crippen LogP contribution in [0.3, 0.4) is 0 Å². The first-order valence-corrected chi connectivity index (χ1v) is 6.26. The van der Waals surface area contributed by atoms with Gasteiger partial charge in [0.05, 0.1) is 5.69 Å². The molecule has 0 fully saturated rings. The summed E-state index contributed by atoms with van der Waals surface area (Å²) < 4.78 is 0. The highest BCUT2D eigenvalue weighted by Crippen LogP contribution is 2.03. The van der Waals surface area contributed by atoms with Gasteiger partial charge >= 0.3 is 0 Å². The number of nitrogens with zero attached hydrogens (tertiary/aromatic N) is 1. The summed E-state index contributed by atoms with van der Waals surface area (Å²) in [7, 11) is 0. The zero-order valence-electron chi connectivity index (χ0n) is 9.08. The lowest BCUT2D eigenvalue weighted by molar-refractivity contribution is 0.587. The Morgan fingerprint density at radius 1 is 1.57 bits per heavy atom. The summed E-state index contributed by atoms with van der Waals surface area (Å²) in [6.07, 6.45) is 3.98. The molecule has 14 heavy (non-hydrogen) atoms. The second-order valence-electron chi connectivity index (χ2n) is 3.50. The zero-order valence-corrected chi connectivity index (χ0v) is 9.90. The highest BCUT2D eigenvalue weighted by Gasteiger charge is 2.02. The minimum atomic E-state index is 0.548. The van der Waals surface area contributed by atoms with Gasteiger partial charge in [0.1, 0.15) is 0 Å². The SMILES string of the molecule is CSCC(C)NCc1ncccc1C. The Morgan fingerprint density at radius 3 is 3.00 bits per heavy atom. The van der Waals surface area contributed by atoms with E-state index in [9.17, 15) is 0 Å². The first-order chi connectivity index (χ1) is 6.74. The minimum absolute atomic E-state index is 0.548. The van der Waals surface area contributed by atoms with Crippen molar-refractivity contribution in [2.45, 2.75) is 26.4 Å². The molecule has 78 valence electrons. The van der Waals surface area contributed by atoms with Gasteiger partial charge < -0.3 is 5.32 Å². The Labute approximate surface area is 90.5 Å². The van der Waals surface area contributed by atoms with Crippen molar-refractivity contribution in [3.05, 3.63) is 29.6 Å². The molecule has 3 heteroatoms. The molecule has 1 N–H and O–H groups in total. The number of rotatable bonds is 5. The molecule has 2 nitrogen and oxygen atoms in total. The predicted octanol–water partition coefficient (Wildman–Crippen LogP) is 2.23. The van der Waals surface area contributed by atoms with Gasteiger partial charge in [0, 0.05) is 24.5 Å². The maximum absolute atomic E-state index is 4.34. The van der Waals surface area contributed by atoms with Gasteiger partial charge in [-0.3, -0.25) is 4.98 Å². The molecule has 0 aliphatic carbocycles. The molecular formula is C11H18N2S. The fourth-order valence-electron chi connectivity index (χ4n) is 1.28. The molecule has 0 bridgehead atoms. The lowest BCUT2D eigenvalue weighted by Gasteiger charge is -2.12. The summed E-state index contributed by atoms with van der Waals surface area (Å²) in [6.45, 7) is 5.17. The number of aryl methyl sites for hydroxylation is 1. The van der Waals surface area contributed by atoms with Crippen LogP contribution in [0, 0.1) is 6.92 Å². The average molecular weight is 210 g/mol. The van der Waals surface area contributed by atoms with Crippen LogP contribution in [-0.2, 0) is 6.54 Å². The van der Waals surface area contributed by atoms with E-state index in [1.165, 1.54) is 5.56 Å². The van der Waals surface area contributed by atoms with Gasteiger partial charge in [0.25, 0.3) is 0 Å². The van der Waals surface area contributed by atoms with Crippen molar-refractivity contribution in [3.63, 3.8) is 0 Å². The van der Waals surface area contributed by atoms with Gasteiger partial charge in [0.15, 0.2) is 0 Å². The van der Waals surface area contributed by atoms with Crippen LogP contribution in [0.1, 0.15) is 18.2 Å². The molecule has 1 aromatic heterocycles. The monoisotopic (exact) mass is 210 g/mol. The molecule has 0 radical (unpaired) electrons. The van der Waals surface area contributed by atoms with E-state index in [2.05, 4.69) is 36.5 Å². The van der Waals surface area contributed by atoms with Crippen molar-refractivity contribution >= 4 is 11.8 Å². The van der Waals surface area contributed by atoms with Crippen LogP contribution in [0.15, 0.2) is 18.3 Å². The van der Waals surface area contributed by atoms with Crippen molar-refractivity contribution in [2.75, 3.05) is 12.0 Å². The van der Waals surface area contributed by atoms with Crippen LogP contribution in [0.25, 0.3) is 0 Å². The Balaban J connectivity index is 2.41. The highest BCUT2D eigenvalue weighted by atomic mass is 32.2. The molecular weight excluding hydrogens is 192 g/mol.